The molecule has 0 bridgehead atoms. The third-order valence-electron chi connectivity index (χ3n) is 5.17. The summed E-state index contributed by atoms with van der Waals surface area (Å²) in [5, 5.41) is 15.7. The van der Waals surface area contributed by atoms with Crippen LogP contribution in [-0.2, 0) is 15.6 Å². The number of aliphatic hydroxyl groups is 1. The molecule has 0 atom stereocenters. The van der Waals surface area contributed by atoms with E-state index in [4.69, 9.17) is 11.6 Å². The van der Waals surface area contributed by atoms with Gasteiger partial charge in [-0.15, -0.1) is 11.3 Å². The molecule has 2 aromatic heterocycles. The minimum atomic E-state index is -3.53. The van der Waals surface area contributed by atoms with Gasteiger partial charge >= 0.3 is 0 Å². The Morgan fingerprint density at radius 1 is 1.00 bits per heavy atom. The lowest BCUT2D eigenvalue weighted by atomic mass is 10.1. The average Bonchev–Trinajstić information content (AvgIpc) is 3.41. The highest BCUT2D eigenvalue weighted by Crippen LogP contribution is 2.38. The van der Waals surface area contributed by atoms with Crippen LogP contribution in [0.5, 0.6) is 0 Å². The molecule has 0 spiro atoms. The van der Waals surface area contributed by atoms with Crippen molar-refractivity contribution in [2.24, 2.45) is 0 Å². The molecule has 0 fully saturated rings. The van der Waals surface area contributed by atoms with E-state index >= 15 is 0 Å². The van der Waals surface area contributed by atoms with Crippen molar-refractivity contribution in [3.8, 4) is 26.7 Å². The van der Waals surface area contributed by atoms with E-state index < -0.39 is 15.6 Å². The van der Waals surface area contributed by atoms with Gasteiger partial charge in [0.2, 0.25) is 10.0 Å². The minimum absolute atomic E-state index is 0.241. The Morgan fingerprint density at radius 3 is 2.36 bits per heavy atom. The van der Waals surface area contributed by atoms with Gasteiger partial charge in [-0.1, -0.05) is 35.9 Å². The van der Waals surface area contributed by atoms with E-state index in [0.29, 0.717) is 16.4 Å². The maximum atomic E-state index is 12.6. The molecule has 0 saturated heterocycles. The Balaban J connectivity index is 1.82. The Bertz CT molecular complexity index is 1420. The number of hydrogen-bond donors (Lipinski definition) is 1. The predicted molar refractivity (Wildman–Crippen MR) is 133 cm³/mol. The smallest absolute Gasteiger partial charge is 0.242 e. The van der Waals surface area contributed by atoms with Crippen LogP contribution in [0.1, 0.15) is 19.5 Å². The molecule has 172 valence electrons. The lowest BCUT2D eigenvalue weighted by molar-refractivity contribution is 0.0734. The Kier molecular flexibility index (Phi) is 6.24. The van der Waals surface area contributed by atoms with Gasteiger partial charge in [-0.05, 0) is 61.9 Å². The summed E-state index contributed by atoms with van der Waals surface area (Å²) in [6.07, 6.45) is 0. The monoisotopic (exact) mass is 501 g/mol. The van der Waals surface area contributed by atoms with Crippen LogP contribution in [0.3, 0.4) is 0 Å². The zero-order valence-corrected chi connectivity index (χ0v) is 21.0. The van der Waals surface area contributed by atoms with Gasteiger partial charge in [-0.2, -0.15) is 5.10 Å². The molecule has 0 unspecified atom stereocenters. The van der Waals surface area contributed by atoms with E-state index in [2.05, 4.69) is 5.10 Å². The zero-order chi connectivity index (χ0) is 24.0. The summed E-state index contributed by atoms with van der Waals surface area (Å²) in [6.45, 7) is 3.37. The first kappa shape index (κ1) is 23.7. The molecule has 6 nitrogen and oxygen atoms in total. The van der Waals surface area contributed by atoms with Gasteiger partial charge in [0.25, 0.3) is 0 Å². The quantitative estimate of drug-likeness (QED) is 0.384. The SMILES string of the molecule is CN(C)S(=O)(=O)c1cccc(-c2ccc(-c3cc(C(C)(C)O)nn3-c3ccccc3Cl)s2)c1. The van der Waals surface area contributed by atoms with E-state index in [-0.39, 0.29) is 4.90 Å². The maximum absolute atomic E-state index is 12.6. The molecule has 2 heterocycles. The number of nitrogens with zero attached hydrogens (tertiary/aromatic N) is 3. The number of aromatic nitrogens is 2. The van der Waals surface area contributed by atoms with Crippen LogP contribution < -0.4 is 0 Å². The molecule has 2 aromatic carbocycles. The van der Waals surface area contributed by atoms with Gasteiger partial charge in [-0.25, -0.2) is 17.4 Å². The number of benzene rings is 2. The maximum Gasteiger partial charge on any atom is 0.242 e. The van der Waals surface area contributed by atoms with Crippen LogP contribution >= 0.6 is 22.9 Å². The molecule has 4 aromatic rings. The van der Waals surface area contributed by atoms with E-state index in [0.717, 1.165) is 21.0 Å². The second-order valence-electron chi connectivity index (χ2n) is 8.32. The molecule has 0 aliphatic heterocycles. The van der Waals surface area contributed by atoms with Gasteiger partial charge in [0.15, 0.2) is 0 Å². The first-order valence-corrected chi connectivity index (χ1v) is 12.8. The zero-order valence-electron chi connectivity index (χ0n) is 18.7. The lowest BCUT2D eigenvalue weighted by Gasteiger charge is -2.13. The van der Waals surface area contributed by atoms with Crippen LogP contribution in [0, 0.1) is 0 Å². The number of halogens is 1. The number of para-hydroxylation sites is 1. The van der Waals surface area contributed by atoms with Gasteiger partial charge in [0, 0.05) is 19.0 Å². The second-order valence-corrected chi connectivity index (χ2v) is 12.0. The van der Waals surface area contributed by atoms with Crippen molar-refractivity contribution in [2.75, 3.05) is 14.1 Å². The van der Waals surface area contributed by atoms with Crippen molar-refractivity contribution < 1.29 is 13.5 Å². The highest BCUT2D eigenvalue weighted by atomic mass is 35.5. The third kappa shape index (κ3) is 4.62. The summed E-state index contributed by atoms with van der Waals surface area (Å²) in [6, 6.07) is 20.1. The normalized spacial score (nSPS) is 12.5. The Labute approximate surface area is 202 Å². The van der Waals surface area contributed by atoms with E-state index in [9.17, 15) is 13.5 Å². The van der Waals surface area contributed by atoms with E-state index in [1.165, 1.54) is 29.7 Å². The fourth-order valence-electron chi connectivity index (χ4n) is 3.31. The summed E-state index contributed by atoms with van der Waals surface area (Å²) in [5.74, 6) is 0. The molecule has 1 N–H and O–H groups in total. The van der Waals surface area contributed by atoms with Crippen LogP contribution in [0.4, 0.5) is 0 Å². The molecule has 33 heavy (non-hydrogen) atoms. The van der Waals surface area contributed by atoms with Gasteiger partial charge in [0.1, 0.15) is 5.60 Å². The second kappa shape index (κ2) is 8.70. The van der Waals surface area contributed by atoms with Gasteiger partial charge in [-0.3, -0.25) is 0 Å². The van der Waals surface area contributed by atoms with Gasteiger partial charge in [0.05, 0.1) is 31.9 Å². The largest absolute Gasteiger partial charge is 0.384 e. The number of sulfonamides is 1. The summed E-state index contributed by atoms with van der Waals surface area (Å²) in [7, 11) is -0.501. The van der Waals surface area contributed by atoms with Crippen LogP contribution in [0.15, 0.2) is 71.6 Å². The van der Waals surface area contributed by atoms with Gasteiger partial charge < -0.3 is 5.11 Å². The van der Waals surface area contributed by atoms with Crippen molar-refractivity contribution in [3.05, 3.63) is 77.4 Å². The van der Waals surface area contributed by atoms with Crippen molar-refractivity contribution in [2.45, 2.75) is 24.3 Å². The predicted octanol–water partition coefficient (Wildman–Crippen LogP) is 5.40. The lowest BCUT2D eigenvalue weighted by Crippen LogP contribution is -2.22. The Hall–Kier alpha value is -2.49. The standard InChI is InChI=1S/C24H24ClN3O3S2/c1-24(2,29)23-15-20(28(26-23)19-11-6-5-10-18(19)25)22-13-12-21(32-22)16-8-7-9-17(14-16)33(30,31)27(3)4/h5-15,29H,1-4H3. The van der Waals surface area contributed by atoms with Crippen molar-refractivity contribution in [1.82, 2.24) is 14.1 Å². The molecule has 4 rings (SSSR count). The average molecular weight is 502 g/mol. The summed E-state index contributed by atoms with van der Waals surface area (Å²) in [4.78, 5) is 2.07. The molecule has 0 saturated carbocycles. The summed E-state index contributed by atoms with van der Waals surface area (Å²) < 4.78 is 28.0. The Morgan fingerprint density at radius 2 is 1.70 bits per heavy atom. The van der Waals surface area contributed by atoms with E-state index in [1.807, 2.05) is 42.5 Å². The fourth-order valence-corrected chi connectivity index (χ4v) is 5.48. The first-order chi connectivity index (χ1) is 15.5. The first-order valence-electron chi connectivity index (χ1n) is 10.2. The minimum Gasteiger partial charge on any atom is -0.384 e. The topological polar surface area (TPSA) is 75.4 Å². The number of thiophene rings is 1. The molecule has 0 aliphatic carbocycles. The highest BCUT2D eigenvalue weighted by Gasteiger charge is 2.24. The van der Waals surface area contributed by atoms with Crippen molar-refractivity contribution >= 4 is 33.0 Å². The molecular weight excluding hydrogens is 478 g/mol. The highest BCUT2D eigenvalue weighted by molar-refractivity contribution is 7.89. The van der Waals surface area contributed by atoms with Crippen LogP contribution in [-0.4, -0.2) is 41.7 Å². The number of hydrogen-bond acceptors (Lipinski definition) is 5. The molecule has 0 aliphatic rings. The summed E-state index contributed by atoms with van der Waals surface area (Å²) in [5.41, 5.74) is 1.69. The van der Waals surface area contributed by atoms with Crippen molar-refractivity contribution in [1.29, 1.82) is 0 Å². The van der Waals surface area contributed by atoms with E-state index in [1.54, 1.807) is 42.8 Å². The van der Waals surface area contributed by atoms with Crippen LogP contribution in [0.2, 0.25) is 5.02 Å². The molecule has 9 heteroatoms. The molecule has 0 radical (unpaired) electrons. The fraction of sp³-hybridized carbons (Fsp3) is 0.208. The molecule has 0 amide bonds. The van der Waals surface area contributed by atoms with Crippen LogP contribution in [0.25, 0.3) is 26.7 Å². The van der Waals surface area contributed by atoms with Crippen molar-refractivity contribution in [3.63, 3.8) is 0 Å². The number of rotatable bonds is 6. The summed E-state index contributed by atoms with van der Waals surface area (Å²) >= 11 is 7.96. The third-order valence-corrected chi connectivity index (χ3v) is 8.46. The molecular formula is C24H24ClN3O3S2.